The summed E-state index contributed by atoms with van der Waals surface area (Å²) < 4.78 is 0. The summed E-state index contributed by atoms with van der Waals surface area (Å²) >= 11 is 0. The van der Waals surface area contributed by atoms with Crippen molar-refractivity contribution in [2.75, 3.05) is 9.80 Å². The van der Waals surface area contributed by atoms with E-state index in [1.54, 1.807) is 0 Å². The first-order valence-corrected chi connectivity index (χ1v) is 20.9. The van der Waals surface area contributed by atoms with Crippen molar-refractivity contribution < 1.29 is 0 Å². The van der Waals surface area contributed by atoms with Crippen LogP contribution in [0, 0.1) is 0 Å². The minimum atomic E-state index is 1.01. The van der Waals surface area contributed by atoms with Gasteiger partial charge in [0, 0.05) is 33.4 Å². The first-order valence-electron chi connectivity index (χ1n) is 20.9. The van der Waals surface area contributed by atoms with Crippen LogP contribution in [0.3, 0.4) is 0 Å². The number of hydrogen-bond donors (Lipinski definition) is 0. The monoisotopic (exact) mass is 766 g/mol. The Bertz CT molecular complexity index is 3170. The predicted molar refractivity (Wildman–Crippen MR) is 257 cm³/mol. The van der Waals surface area contributed by atoms with E-state index in [0.717, 1.165) is 41.3 Å². The molecule has 2 heteroatoms. The van der Waals surface area contributed by atoms with Crippen LogP contribution in [0.2, 0.25) is 0 Å². The van der Waals surface area contributed by atoms with Crippen molar-refractivity contribution in [1.82, 2.24) is 0 Å². The molecule has 0 amide bonds. The summed E-state index contributed by atoms with van der Waals surface area (Å²) in [6.45, 7) is 0. The van der Waals surface area contributed by atoms with E-state index in [4.69, 9.17) is 0 Å². The van der Waals surface area contributed by atoms with Crippen LogP contribution in [0.15, 0.2) is 218 Å². The number of anilines is 6. The van der Waals surface area contributed by atoms with Gasteiger partial charge in [0.15, 0.2) is 0 Å². The van der Waals surface area contributed by atoms with Gasteiger partial charge in [-0.25, -0.2) is 0 Å². The molecule has 0 aliphatic heterocycles. The molecule has 10 aromatic rings. The lowest BCUT2D eigenvalue weighted by Crippen LogP contribution is -2.33. The van der Waals surface area contributed by atoms with E-state index in [1.807, 2.05) is 0 Å². The topological polar surface area (TPSA) is 6.48 Å². The molecule has 11 rings (SSSR count). The molecule has 0 aromatic heterocycles. The van der Waals surface area contributed by atoms with Crippen LogP contribution in [0.25, 0.3) is 66.7 Å². The molecule has 0 saturated heterocycles. The van der Waals surface area contributed by atoms with Crippen molar-refractivity contribution in [1.29, 1.82) is 0 Å². The summed E-state index contributed by atoms with van der Waals surface area (Å²) in [4.78, 5) is 4.78. The van der Waals surface area contributed by atoms with Crippen molar-refractivity contribution in [2.24, 2.45) is 0 Å². The van der Waals surface area contributed by atoms with Crippen LogP contribution in [0.5, 0.6) is 0 Å². The lowest BCUT2D eigenvalue weighted by atomic mass is 9.83. The molecule has 60 heavy (non-hydrogen) atoms. The Morgan fingerprint density at radius 3 is 1.05 bits per heavy atom. The highest BCUT2D eigenvalue weighted by atomic mass is 15.1. The second kappa shape index (κ2) is 15.2. The fourth-order valence-corrected chi connectivity index (χ4v) is 9.50. The van der Waals surface area contributed by atoms with E-state index in [2.05, 4.69) is 240 Å². The third-order valence-corrected chi connectivity index (χ3v) is 12.0. The number of fused-ring (bicyclic) bond motifs is 4. The zero-order valence-corrected chi connectivity index (χ0v) is 33.2. The number of hydrogen-bond acceptors (Lipinski definition) is 2. The summed E-state index contributed by atoms with van der Waals surface area (Å²) in [6, 6.07) is 79.3. The zero-order valence-electron chi connectivity index (χ0n) is 33.2. The quantitative estimate of drug-likeness (QED) is 0.142. The smallest absolute Gasteiger partial charge is 0.0540 e. The molecule has 2 nitrogen and oxygen atoms in total. The molecule has 1 aliphatic rings. The van der Waals surface area contributed by atoms with E-state index in [9.17, 15) is 0 Å². The third kappa shape index (κ3) is 6.04. The predicted octanol–water partition coefficient (Wildman–Crippen LogP) is 14.8. The van der Waals surface area contributed by atoms with Gasteiger partial charge in [0.25, 0.3) is 0 Å². The minimum absolute atomic E-state index is 1.01. The molecule has 0 heterocycles. The second-order valence-corrected chi connectivity index (χ2v) is 15.5. The van der Waals surface area contributed by atoms with E-state index in [1.165, 1.54) is 70.7 Å². The van der Waals surface area contributed by atoms with Crippen LogP contribution in [-0.4, -0.2) is 0 Å². The van der Waals surface area contributed by atoms with Crippen molar-refractivity contribution in [3.63, 3.8) is 0 Å². The molecule has 10 aromatic carbocycles. The van der Waals surface area contributed by atoms with Crippen LogP contribution >= 0.6 is 0 Å². The van der Waals surface area contributed by atoms with Crippen molar-refractivity contribution in [2.45, 2.75) is 12.8 Å². The minimum Gasteiger partial charge on any atom is -0.310 e. The van der Waals surface area contributed by atoms with Crippen molar-refractivity contribution in [3.8, 4) is 22.3 Å². The van der Waals surface area contributed by atoms with Crippen LogP contribution in [0.4, 0.5) is 34.1 Å². The molecular formula is C58H42N2. The summed E-state index contributed by atoms with van der Waals surface area (Å²) in [5.74, 6) is 0. The maximum absolute atomic E-state index is 2.47. The lowest BCUT2D eigenvalue weighted by molar-refractivity contribution is 1.11. The molecule has 0 unspecified atom stereocenters. The van der Waals surface area contributed by atoms with E-state index < -0.39 is 0 Å². The first-order chi connectivity index (χ1) is 29.8. The number of para-hydroxylation sites is 4. The summed E-state index contributed by atoms with van der Waals surface area (Å²) in [5, 5.41) is 10.0. The molecule has 0 spiro atoms. The average Bonchev–Trinajstić information content (AvgIpc) is 3.33. The van der Waals surface area contributed by atoms with Gasteiger partial charge in [-0.3, -0.25) is 0 Å². The summed E-state index contributed by atoms with van der Waals surface area (Å²) in [7, 11) is 0. The molecule has 0 fully saturated rings. The molecule has 1 aliphatic carbocycles. The summed E-state index contributed by atoms with van der Waals surface area (Å²) in [6.07, 6.45) is 6.94. The van der Waals surface area contributed by atoms with Gasteiger partial charge in [0.1, 0.15) is 0 Å². The Morgan fingerprint density at radius 1 is 0.250 bits per heavy atom. The van der Waals surface area contributed by atoms with Gasteiger partial charge < -0.3 is 9.80 Å². The molecule has 0 saturated carbocycles. The zero-order chi connectivity index (χ0) is 39.8. The van der Waals surface area contributed by atoms with Crippen molar-refractivity contribution in [3.05, 3.63) is 229 Å². The number of nitrogens with zero attached hydrogens (tertiary/aromatic N) is 2. The molecule has 0 N–H and O–H groups in total. The van der Waals surface area contributed by atoms with E-state index >= 15 is 0 Å². The Kier molecular flexibility index (Phi) is 9.02. The van der Waals surface area contributed by atoms with Crippen LogP contribution < -0.4 is 20.2 Å². The van der Waals surface area contributed by atoms with E-state index in [0.29, 0.717) is 0 Å². The fraction of sp³-hybridized carbons (Fsp3) is 0.0345. The maximum Gasteiger partial charge on any atom is 0.0540 e. The van der Waals surface area contributed by atoms with E-state index in [-0.39, 0.29) is 0 Å². The SMILES string of the molecule is C1=c2c(-c3c4ccccc4c(-c4ccc(N(c5ccccc5)c5ccccc5)c5ccccc45)c4ccccc34)ccc(N(c3ccccc3)c3ccccc3)c2=CCC1. The Morgan fingerprint density at radius 2 is 0.583 bits per heavy atom. The molecule has 0 atom stereocenters. The normalized spacial score (nSPS) is 12.1. The van der Waals surface area contributed by atoms with Gasteiger partial charge in [-0.1, -0.05) is 170 Å². The standard InChI is InChI=1S/C58H42N2/c1-5-21-41(22-6-1)59(42-23-7-2-8-24-42)55-39-37-53(45-29-13-15-31-47(45)55)57-49-33-17-19-35-51(49)58(52-36-20-18-34-50(52)57)54-38-40-56(48-32-16-14-30-46(48)54)60(43-25-9-3-10-26-43)44-27-11-4-12-28-44/h1-13,15,17-40H,14,16H2. The largest absolute Gasteiger partial charge is 0.310 e. The number of rotatable bonds is 8. The summed E-state index contributed by atoms with van der Waals surface area (Å²) in [5.41, 5.74) is 11.9. The van der Waals surface area contributed by atoms with Gasteiger partial charge in [-0.15, -0.1) is 0 Å². The van der Waals surface area contributed by atoms with Gasteiger partial charge in [0.05, 0.1) is 11.4 Å². The average molecular weight is 767 g/mol. The molecular weight excluding hydrogens is 725 g/mol. The molecule has 0 bridgehead atoms. The highest BCUT2D eigenvalue weighted by molar-refractivity contribution is 6.24. The van der Waals surface area contributed by atoms with Crippen LogP contribution in [-0.2, 0) is 0 Å². The highest BCUT2D eigenvalue weighted by Crippen LogP contribution is 2.47. The first kappa shape index (κ1) is 35.5. The molecule has 284 valence electrons. The van der Waals surface area contributed by atoms with Crippen LogP contribution in [0.1, 0.15) is 12.8 Å². The van der Waals surface area contributed by atoms with Gasteiger partial charge in [-0.2, -0.15) is 0 Å². The van der Waals surface area contributed by atoms with Gasteiger partial charge in [-0.05, 0) is 128 Å². The van der Waals surface area contributed by atoms with Crippen molar-refractivity contribution >= 4 is 78.6 Å². The number of benzene rings is 10. The lowest BCUT2D eigenvalue weighted by Gasteiger charge is -2.28. The fourth-order valence-electron chi connectivity index (χ4n) is 9.50. The van der Waals surface area contributed by atoms with Gasteiger partial charge >= 0.3 is 0 Å². The van der Waals surface area contributed by atoms with Gasteiger partial charge in [0.2, 0.25) is 0 Å². The Balaban J connectivity index is 1.16. The third-order valence-electron chi connectivity index (χ3n) is 12.0. The highest BCUT2D eigenvalue weighted by Gasteiger charge is 2.23. The Hall–Kier alpha value is -7.68. The maximum atomic E-state index is 2.47. The molecule has 0 radical (unpaired) electrons. The Labute approximate surface area is 350 Å². The second-order valence-electron chi connectivity index (χ2n) is 15.5.